The fourth-order valence-electron chi connectivity index (χ4n) is 3.00. The van der Waals surface area contributed by atoms with Crippen LogP contribution in [0, 0.1) is 5.92 Å². The van der Waals surface area contributed by atoms with Crippen LogP contribution in [-0.4, -0.2) is 44.8 Å². The van der Waals surface area contributed by atoms with Gasteiger partial charge in [0.25, 0.3) is 0 Å². The third-order valence-electron chi connectivity index (χ3n) is 4.43. The van der Waals surface area contributed by atoms with E-state index in [-0.39, 0.29) is 0 Å². The molecule has 20 heavy (non-hydrogen) atoms. The lowest BCUT2D eigenvalue weighted by Crippen LogP contribution is -2.43. The van der Waals surface area contributed by atoms with E-state index in [2.05, 4.69) is 41.4 Å². The predicted octanol–water partition coefficient (Wildman–Crippen LogP) is 2.31. The third-order valence-corrected chi connectivity index (χ3v) is 4.43. The molecular formula is C17H28N2O. The van der Waals surface area contributed by atoms with Gasteiger partial charge in [0.05, 0.1) is 6.10 Å². The van der Waals surface area contributed by atoms with Gasteiger partial charge in [-0.25, -0.2) is 0 Å². The molecule has 1 aliphatic heterocycles. The Kier molecular flexibility index (Phi) is 6.02. The summed E-state index contributed by atoms with van der Waals surface area (Å²) in [6.07, 6.45) is 2.72. The molecular weight excluding hydrogens is 248 g/mol. The molecule has 1 fully saturated rings. The van der Waals surface area contributed by atoms with Gasteiger partial charge in [-0.3, -0.25) is 4.90 Å². The van der Waals surface area contributed by atoms with E-state index in [1.54, 1.807) is 0 Å². The average Bonchev–Trinajstić information content (AvgIpc) is 2.48. The van der Waals surface area contributed by atoms with Crippen molar-refractivity contribution in [2.75, 3.05) is 33.8 Å². The number of likely N-dealkylation sites (N-methyl/N-ethyl adjacent to an activating group) is 1. The van der Waals surface area contributed by atoms with Gasteiger partial charge in [0.15, 0.2) is 0 Å². The van der Waals surface area contributed by atoms with Crippen molar-refractivity contribution in [3.63, 3.8) is 0 Å². The molecule has 1 N–H and O–H groups in total. The number of rotatable bonds is 6. The number of benzene rings is 1. The largest absolute Gasteiger partial charge is 0.380 e. The Balaban J connectivity index is 1.99. The summed E-state index contributed by atoms with van der Waals surface area (Å²) in [5, 5.41) is 3.24. The van der Waals surface area contributed by atoms with Gasteiger partial charge < -0.3 is 10.1 Å². The average molecular weight is 276 g/mol. The highest BCUT2D eigenvalue weighted by molar-refractivity contribution is 5.27. The van der Waals surface area contributed by atoms with Gasteiger partial charge >= 0.3 is 0 Å². The van der Waals surface area contributed by atoms with Crippen molar-refractivity contribution in [1.29, 1.82) is 0 Å². The molecule has 2 rings (SSSR count). The molecule has 0 aromatic heterocycles. The smallest absolute Gasteiger partial charge is 0.0724 e. The molecule has 1 aliphatic rings. The minimum absolute atomic E-state index is 0.383. The zero-order valence-corrected chi connectivity index (χ0v) is 13.1. The summed E-state index contributed by atoms with van der Waals surface area (Å²) in [6.45, 7) is 6.62. The second-order valence-electron chi connectivity index (χ2n) is 5.90. The van der Waals surface area contributed by atoms with Crippen molar-refractivity contribution in [3.8, 4) is 0 Å². The molecule has 1 heterocycles. The van der Waals surface area contributed by atoms with Crippen LogP contribution in [0.3, 0.4) is 0 Å². The first-order valence-electron chi connectivity index (χ1n) is 7.71. The number of hydrogen-bond donors (Lipinski definition) is 1. The van der Waals surface area contributed by atoms with Gasteiger partial charge in [0, 0.05) is 20.2 Å². The number of methoxy groups -OCH3 is 1. The highest BCUT2D eigenvalue weighted by Crippen LogP contribution is 2.22. The third kappa shape index (κ3) is 4.05. The number of piperidine rings is 1. The van der Waals surface area contributed by atoms with Crippen LogP contribution in [0.1, 0.15) is 24.5 Å². The molecule has 1 aromatic rings. The molecule has 3 nitrogen and oxygen atoms in total. The summed E-state index contributed by atoms with van der Waals surface area (Å²) in [4.78, 5) is 2.53. The van der Waals surface area contributed by atoms with E-state index < -0.39 is 0 Å². The molecule has 1 saturated heterocycles. The van der Waals surface area contributed by atoms with E-state index >= 15 is 0 Å². The Bertz CT molecular complexity index is 408. The topological polar surface area (TPSA) is 24.5 Å². The van der Waals surface area contributed by atoms with Gasteiger partial charge in [-0.05, 0) is 50.0 Å². The van der Waals surface area contributed by atoms with Crippen molar-refractivity contribution in [2.45, 2.75) is 32.4 Å². The van der Waals surface area contributed by atoms with Crippen molar-refractivity contribution in [3.05, 3.63) is 35.4 Å². The molecule has 112 valence electrons. The van der Waals surface area contributed by atoms with Gasteiger partial charge in [-0.2, -0.15) is 0 Å². The minimum atomic E-state index is 0.383. The molecule has 2 atom stereocenters. The number of likely N-dealkylation sites (tertiary alicyclic amines) is 1. The number of hydrogen-bond acceptors (Lipinski definition) is 3. The minimum Gasteiger partial charge on any atom is -0.380 e. The Morgan fingerprint density at radius 3 is 2.75 bits per heavy atom. The standard InChI is InChI=1S/C17H28N2O/c1-14-9-11-19(13-17(14)20-3)12-16-7-5-4-6-15(16)8-10-18-2/h4-7,14,17-18H,8-13H2,1-3H3. The molecule has 0 spiro atoms. The molecule has 1 aromatic carbocycles. The molecule has 0 aliphatic carbocycles. The quantitative estimate of drug-likeness (QED) is 0.863. The molecule has 2 unspecified atom stereocenters. The maximum atomic E-state index is 5.61. The Labute approximate surface area is 123 Å². The van der Waals surface area contributed by atoms with Crippen LogP contribution in [0.2, 0.25) is 0 Å². The van der Waals surface area contributed by atoms with Crippen LogP contribution in [0.15, 0.2) is 24.3 Å². The van der Waals surface area contributed by atoms with E-state index in [4.69, 9.17) is 4.74 Å². The van der Waals surface area contributed by atoms with Crippen LogP contribution < -0.4 is 5.32 Å². The lowest BCUT2D eigenvalue weighted by Gasteiger charge is -2.36. The highest BCUT2D eigenvalue weighted by Gasteiger charge is 2.26. The van der Waals surface area contributed by atoms with Gasteiger partial charge in [-0.15, -0.1) is 0 Å². The van der Waals surface area contributed by atoms with E-state index in [0.717, 1.165) is 26.1 Å². The first-order valence-corrected chi connectivity index (χ1v) is 7.71. The second-order valence-corrected chi connectivity index (χ2v) is 5.90. The van der Waals surface area contributed by atoms with Crippen LogP contribution in [0.25, 0.3) is 0 Å². The van der Waals surface area contributed by atoms with E-state index in [1.807, 2.05) is 14.2 Å². The fourth-order valence-corrected chi connectivity index (χ4v) is 3.00. The van der Waals surface area contributed by atoms with Gasteiger partial charge in [0.2, 0.25) is 0 Å². The van der Waals surface area contributed by atoms with E-state index in [0.29, 0.717) is 12.0 Å². The van der Waals surface area contributed by atoms with Gasteiger partial charge in [-0.1, -0.05) is 31.2 Å². The van der Waals surface area contributed by atoms with Crippen molar-refractivity contribution < 1.29 is 4.74 Å². The maximum Gasteiger partial charge on any atom is 0.0724 e. The lowest BCUT2D eigenvalue weighted by molar-refractivity contribution is -0.00751. The summed E-state index contributed by atoms with van der Waals surface area (Å²) in [5.41, 5.74) is 2.93. The van der Waals surface area contributed by atoms with Crippen molar-refractivity contribution in [1.82, 2.24) is 10.2 Å². The van der Waals surface area contributed by atoms with Gasteiger partial charge in [0.1, 0.15) is 0 Å². The van der Waals surface area contributed by atoms with E-state index in [9.17, 15) is 0 Å². The zero-order chi connectivity index (χ0) is 14.4. The molecule has 0 saturated carbocycles. The predicted molar refractivity (Wildman–Crippen MR) is 83.9 cm³/mol. The molecule has 3 heteroatoms. The highest BCUT2D eigenvalue weighted by atomic mass is 16.5. The normalized spacial score (nSPS) is 23.9. The summed E-state index contributed by atoms with van der Waals surface area (Å²) in [5.74, 6) is 0.677. The van der Waals surface area contributed by atoms with Crippen LogP contribution >= 0.6 is 0 Å². The summed E-state index contributed by atoms with van der Waals surface area (Å²) < 4.78 is 5.61. The number of nitrogens with one attached hydrogen (secondary N) is 1. The Morgan fingerprint density at radius 2 is 2.05 bits per heavy atom. The van der Waals surface area contributed by atoms with Crippen molar-refractivity contribution in [2.24, 2.45) is 5.92 Å². The first-order chi connectivity index (χ1) is 9.74. The van der Waals surface area contributed by atoms with Crippen LogP contribution in [0.4, 0.5) is 0 Å². The summed E-state index contributed by atoms with van der Waals surface area (Å²) >= 11 is 0. The van der Waals surface area contributed by atoms with E-state index in [1.165, 1.54) is 24.1 Å². The van der Waals surface area contributed by atoms with Crippen LogP contribution in [0.5, 0.6) is 0 Å². The Hall–Kier alpha value is -0.900. The monoisotopic (exact) mass is 276 g/mol. The van der Waals surface area contributed by atoms with Crippen molar-refractivity contribution >= 4 is 0 Å². The second kappa shape index (κ2) is 7.77. The molecule has 0 radical (unpaired) electrons. The number of nitrogens with zero attached hydrogens (tertiary/aromatic N) is 1. The first kappa shape index (κ1) is 15.5. The fraction of sp³-hybridized carbons (Fsp3) is 0.647. The SMILES string of the molecule is CNCCc1ccccc1CN1CCC(C)C(OC)C1. The zero-order valence-electron chi connectivity index (χ0n) is 13.1. The van der Waals surface area contributed by atoms with Crippen LogP contribution in [-0.2, 0) is 17.7 Å². The number of ether oxygens (including phenoxy) is 1. The Morgan fingerprint density at radius 1 is 1.30 bits per heavy atom. The lowest BCUT2D eigenvalue weighted by atomic mass is 9.95. The summed E-state index contributed by atoms with van der Waals surface area (Å²) in [6, 6.07) is 8.82. The summed E-state index contributed by atoms with van der Waals surface area (Å²) in [7, 11) is 3.85. The molecule has 0 amide bonds. The maximum absolute atomic E-state index is 5.61. The molecule has 0 bridgehead atoms.